The lowest BCUT2D eigenvalue weighted by molar-refractivity contribution is 0.955. The van der Waals surface area contributed by atoms with Gasteiger partial charge in [0.2, 0.25) is 0 Å². The summed E-state index contributed by atoms with van der Waals surface area (Å²) in [5.41, 5.74) is 9.61. The second-order valence-electron chi connectivity index (χ2n) is 8.31. The molecule has 3 nitrogen and oxygen atoms in total. The van der Waals surface area contributed by atoms with Crippen molar-refractivity contribution in [3.63, 3.8) is 0 Å². The van der Waals surface area contributed by atoms with E-state index in [0.29, 0.717) is 0 Å². The summed E-state index contributed by atoms with van der Waals surface area (Å²) in [5, 5.41) is 3.70. The zero-order chi connectivity index (χ0) is 20.9. The molecule has 3 aromatic heterocycles. The minimum atomic E-state index is 0.0735. The molecule has 0 radical (unpaired) electrons. The molecule has 0 atom stereocenters. The number of nitrogens with zero attached hydrogens (tertiary/aromatic N) is 1. The molecule has 3 heterocycles. The second kappa shape index (κ2) is 6.85. The fourth-order valence-corrected chi connectivity index (χ4v) is 5.06. The van der Waals surface area contributed by atoms with E-state index in [0.717, 1.165) is 5.52 Å². The van der Waals surface area contributed by atoms with E-state index in [2.05, 4.69) is 103 Å². The standard InChI is InChI=1S/C28H23N3/c1-17-26(21-10-4-7-13-24(21)30-17)28(20-15-19-9-3-6-12-23(19)29-16-20)27-18(2)31-25-14-8-5-11-22(25)27/h3-16,28,30-31H,1-2H3. The lowest BCUT2D eigenvalue weighted by Gasteiger charge is -2.20. The molecule has 0 bridgehead atoms. The number of aromatic nitrogens is 3. The van der Waals surface area contributed by atoms with E-state index in [1.165, 1.54) is 55.3 Å². The van der Waals surface area contributed by atoms with E-state index in [4.69, 9.17) is 4.98 Å². The Bertz CT molecular complexity index is 1490. The van der Waals surface area contributed by atoms with Gasteiger partial charge in [-0.3, -0.25) is 4.98 Å². The highest BCUT2D eigenvalue weighted by Crippen LogP contribution is 2.42. The normalized spacial score (nSPS) is 11.8. The molecule has 0 unspecified atom stereocenters. The van der Waals surface area contributed by atoms with Gasteiger partial charge in [0.1, 0.15) is 0 Å². The van der Waals surface area contributed by atoms with Crippen molar-refractivity contribution in [2.75, 3.05) is 0 Å². The zero-order valence-electron chi connectivity index (χ0n) is 17.6. The number of nitrogens with one attached hydrogen (secondary N) is 2. The quantitative estimate of drug-likeness (QED) is 0.330. The van der Waals surface area contributed by atoms with Crippen LogP contribution >= 0.6 is 0 Å². The minimum Gasteiger partial charge on any atom is -0.358 e. The predicted molar refractivity (Wildman–Crippen MR) is 129 cm³/mol. The average molecular weight is 402 g/mol. The van der Waals surface area contributed by atoms with Crippen LogP contribution in [0, 0.1) is 13.8 Å². The van der Waals surface area contributed by atoms with Crippen LogP contribution in [0.5, 0.6) is 0 Å². The Hall–Kier alpha value is -3.85. The first-order chi connectivity index (χ1) is 15.2. The molecule has 31 heavy (non-hydrogen) atoms. The van der Waals surface area contributed by atoms with E-state index in [-0.39, 0.29) is 5.92 Å². The molecule has 0 spiro atoms. The molecule has 0 saturated carbocycles. The zero-order valence-corrected chi connectivity index (χ0v) is 17.6. The van der Waals surface area contributed by atoms with Gasteiger partial charge in [-0.25, -0.2) is 0 Å². The minimum absolute atomic E-state index is 0.0735. The molecular weight excluding hydrogens is 378 g/mol. The predicted octanol–water partition coefficient (Wildman–Crippen LogP) is 6.99. The summed E-state index contributed by atoms with van der Waals surface area (Å²) in [5.74, 6) is 0.0735. The Morgan fingerprint density at radius 1 is 0.677 bits per heavy atom. The van der Waals surface area contributed by atoms with Gasteiger partial charge in [0.15, 0.2) is 0 Å². The van der Waals surface area contributed by atoms with E-state index >= 15 is 0 Å². The maximum absolute atomic E-state index is 4.82. The highest BCUT2D eigenvalue weighted by molar-refractivity contribution is 5.91. The van der Waals surface area contributed by atoms with Crippen molar-refractivity contribution in [2.24, 2.45) is 0 Å². The molecule has 0 amide bonds. The van der Waals surface area contributed by atoms with Gasteiger partial charge in [-0.2, -0.15) is 0 Å². The van der Waals surface area contributed by atoms with Gasteiger partial charge < -0.3 is 9.97 Å². The summed E-state index contributed by atoms with van der Waals surface area (Å²) < 4.78 is 0. The van der Waals surface area contributed by atoms with Gasteiger partial charge in [0.25, 0.3) is 0 Å². The monoisotopic (exact) mass is 401 g/mol. The third-order valence-electron chi connectivity index (χ3n) is 6.41. The lowest BCUT2D eigenvalue weighted by Crippen LogP contribution is -2.06. The summed E-state index contributed by atoms with van der Waals surface area (Å²) in [7, 11) is 0. The summed E-state index contributed by atoms with van der Waals surface area (Å²) in [6.07, 6.45) is 2.05. The summed E-state index contributed by atoms with van der Waals surface area (Å²) in [6, 6.07) is 27.8. The molecule has 2 N–H and O–H groups in total. The summed E-state index contributed by atoms with van der Waals surface area (Å²) >= 11 is 0. The van der Waals surface area contributed by atoms with E-state index in [1.54, 1.807) is 0 Å². The number of hydrogen-bond donors (Lipinski definition) is 2. The molecule has 3 heteroatoms. The van der Waals surface area contributed by atoms with Gasteiger partial charge in [0.05, 0.1) is 5.52 Å². The Kier molecular flexibility index (Phi) is 3.97. The highest BCUT2D eigenvalue weighted by Gasteiger charge is 2.27. The second-order valence-corrected chi connectivity index (χ2v) is 8.31. The largest absolute Gasteiger partial charge is 0.358 e. The lowest BCUT2D eigenvalue weighted by atomic mass is 9.82. The van der Waals surface area contributed by atoms with Gasteiger partial charge in [-0.15, -0.1) is 0 Å². The van der Waals surface area contributed by atoms with Crippen LogP contribution in [0.15, 0.2) is 85.1 Å². The van der Waals surface area contributed by atoms with Crippen molar-refractivity contribution in [3.8, 4) is 0 Å². The van der Waals surface area contributed by atoms with Crippen LogP contribution in [-0.2, 0) is 0 Å². The van der Waals surface area contributed by atoms with Crippen LogP contribution < -0.4 is 0 Å². The number of H-pyrrole nitrogens is 2. The van der Waals surface area contributed by atoms with Crippen LogP contribution in [-0.4, -0.2) is 15.0 Å². The van der Waals surface area contributed by atoms with Crippen molar-refractivity contribution in [2.45, 2.75) is 19.8 Å². The number of pyridine rings is 1. The number of fused-ring (bicyclic) bond motifs is 3. The summed E-state index contributed by atoms with van der Waals surface area (Å²) in [4.78, 5) is 12.0. The van der Waals surface area contributed by atoms with Crippen LogP contribution in [0.25, 0.3) is 32.7 Å². The molecule has 0 fully saturated rings. The first-order valence-electron chi connectivity index (χ1n) is 10.7. The van der Waals surface area contributed by atoms with Crippen molar-refractivity contribution in [1.82, 2.24) is 15.0 Å². The van der Waals surface area contributed by atoms with Crippen molar-refractivity contribution in [1.29, 1.82) is 0 Å². The maximum atomic E-state index is 4.82. The smallest absolute Gasteiger partial charge is 0.0702 e. The number of hydrogen-bond acceptors (Lipinski definition) is 1. The Morgan fingerprint density at radius 2 is 1.23 bits per heavy atom. The number of aromatic amines is 2. The van der Waals surface area contributed by atoms with Crippen LogP contribution in [0.3, 0.4) is 0 Å². The Labute approximate surface area is 180 Å². The van der Waals surface area contributed by atoms with Gasteiger partial charge >= 0.3 is 0 Å². The highest BCUT2D eigenvalue weighted by atomic mass is 14.7. The molecular formula is C28H23N3. The van der Waals surface area contributed by atoms with Gasteiger partial charge in [0, 0.05) is 50.7 Å². The van der Waals surface area contributed by atoms with Crippen LogP contribution in [0.4, 0.5) is 0 Å². The fraction of sp³-hybridized carbons (Fsp3) is 0.107. The maximum Gasteiger partial charge on any atom is 0.0702 e. The van der Waals surface area contributed by atoms with Crippen molar-refractivity contribution in [3.05, 3.63) is 113 Å². The topological polar surface area (TPSA) is 44.5 Å². The SMILES string of the molecule is Cc1[nH]c2ccccc2c1C(c1cnc2ccccc2c1)c1c(C)[nH]c2ccccc12. The third kappa shape index (κ3) is 2.77. The molecule has 0 aliphatic rings. The van der Waals surface area contributed by atoms with E-state index < -0.39 is 0 Å². The van der Waals surface area contributed by atoms with Crippen molar-refractivity contribution >= 4 is 32.7 Å². The first kappa shape index (κ1) is 18.0. The fourth-order valence-electron chi connectivity index (χ4n) is 5.06. The summed E-state index contributed by atoms with van der Waals surface area (Å²) in [6.45, 7) is 4.36. The van der Waals surface area contributed by atoms with E-state index in [1.807, 2.05) is 6.07 Å². The van der Waals surface area contributed by atoms with Crippen LogP contribution in [0.2, 0.25) is 0 Å². The molecule has 3 aromatic carbocycles. The Balaban J connectivity index is 1.71. The number of aryl methyl sites for hydroxylation is 2. The number of rotatable bonds is 3. The first-order valence-corrected chi connectivity index (χ1v) is 10.7. The number of para-hydroxylation sites is 3. The Morgan fingerprint density at radius 3 is 1.87 bits per heavy atom. The molecule has 0 aliphatic carbocycles. The van der Waals surface area contributed by atoms with E-state index in [9.17, 15) is 0 Å². The third-order valence-corrected chi connectivity index (χ3v) is 6.41. The average Bonchev–Trinajstić information content (AvgIpc) is 3.30. The molecule has 0 saturated heterocycles. The van der Waals surface area contributed by atoms with Gasteiger partial charge in [-0.1, -0.05) is 54.6 Å². The van der Waals surface area contributed by atoms with Crippen LogP contribution in [0.1, 0.15) is 34.0 Å². The van der Waals surface area contributed by atoms with Crippen molar-refractivity contribution < 1.29 is 0 Å². The van der Waals surface area contributed by atoms with Gasteiger partial charge in [-0.05, 0) is 54.8 Å². The number of benzene rings is 3. The molecule has 6 aromatic rings. The molecule has 6 rings (SSSR count). The molecule has 150 valence electrons. The molecule has 0 aliphatic heterocycles.